The molecule has 3 heterocycles. The number of ether oxygens (including phenoxy) is 1. The van der Waals surface area contributed by atoms with E-state index in [1.54, 1.807) is 11.2 Å². The van der Waals surface area contributed by atoms with Crippen LogP contribution in [0.25, 0.3) is 0 Å². The van der Waals surface area contributed by atoms with Gasteiger partial charge in [0.15, 0.2) is 0 Å². The van der Waals surface area contributed by atoms with Gasteiger partial charge < -0.3 is 14.1 Å². The smallest absolute Gasteiger partial charge is 0.229 e. The van der Waals surface area contributed by atoms with Crippen LogP contribution in [0.3, 0.4) is 0 Å². The third-order valence-corrected chi connectivity index (χ3v) is 2.56. The Bertz CT molecular complexity index is 333. The number of amides is 1. The van der Waals surface area contributed by atoms with E-state index in [1.165, 1.54) is 0 Å². The van der Waals surface area contributed by atoms with E-state index >= 15 is 0 Å². The highest BCUT2D eigenvalue weighted by atomic mass is 16.5. The fraction of sp³-hybridized carbons (Fsp3) is 0.444. The number of rotatable bonds is 1. The minimum atomic E-state index is -0.0635. The second kappa shape index (κ2) is 2.35. The average molecular weight is 179 g/mol. The Labute approximate surface area is 75.1 Å². The van der Waals surface area contributed by atoms with Crippen LogP contribution in [0.5, 0.6) is 0 Å². The molecule has 0 spiro atoms. The summed E-state index contributed by atoms with van der Waals surface area (Å²) >= 11 is 0. The molecule has 0 bridgehead atoms. The molecule has 68 valence electrons. The predicted octanol–water partition coefficient (Wildman–Crippen LogP) is 0.909. The molecule has 2 aliphatic heterocycles. The molecule has 4 nitrogen and oxygen atoms in total. The van der Waals surface area contributed by atoms with E-state index in [2.05, 4.69) is 0 Å². The van der Waals surface area contributed by atoms with E-state index in [-0.39, 0.29) is 18.2 Å². The lowest BCUT2D eigenvalue weighted by Crippen LogP contribution is -2.48. The van der Waals surface area contributed by atoms with Crippen molar-refractivity contribution < 1.29 is 13.9 Å². The van der Waals surface area contributed by atoms with Gasteiger partial charge in [0.25, 0.3) is 0 Å². The molecule has 0 aromatic carbocycles. The van der Waals surface area contributed by atoms with Crippen molar-refractivity contribution in [2.75, 3.05) is 6.54 Å². The normalized spacial score (nSPS) is 31.7. The average Bonchev–Trinajstić information content (AvgIpc) is 2.69. The van der Waals surface area contributed by atoms with Crippen LogP contribution in [0, 0.1) is 0 Å². The van der Waals surface area contributed by atoms with Gasteiger partial charge in [-0.15, -0.1) is 0 Å². The van der Waals surface area contributed by atoms with Gasteiger partial charge in [0, 0.05) is 0 Å². The summed E-state index contributed by atoms with van der Waals surface area (Å²) in [6, 6.07) is 3.71. The molecule has 1 aromatic heterocycles. The fourth-order valence-electron chi connectivity index (χ4n) is 1.81. The third-order valence-electron chi connectivity index (χ3n) is 2.56. The molecule has 1 amide bonds. The Hall–Kier alpha value is -1.29. The Morgan fingerprint density at radius 2 is 2.46 bits per heavy atom. The lowest BCUT2D eigenvalue weighted by molar-refractivity contribution is -0.156. The standard InChI is InChI=1S/C9H9NO3/c11-8-4-9-10(8)5-7(13-9)6-2-1-3-12-6/h1-3,7,9H,4-5H2/t7-,9-/m0/s1. The molecule has 2 fully saturated rings. The van der Waals surface area contributed by atoms with Crippen molar-refractivity contribution in [1.82, 2.24) is 4.90 Å². The zero-order valence-electron chi connectivity index (χ0n) is 6.97. The number of carbonyl (C=O) groups is 1. The highest BCUT2D eigenvalue weighted by Gasteiger charge is 2.46. The summed E-state index contributed by atoms with van der Waals surface area (Å²) in [7, 11) is 0. The monoisotopic (exact) mass is 179 g/mol. The Morgan fingerprint density at radius 1 is 1.54 bits per heavy atom. The zero-order chi connectivity index (χ0) is 8.84. The first-order valence-electron chi connectivity index (χ1n) is 4.33. The minimum absolute atomic E-state index is 0.00241. The van der Waals surface area contributed by atoms with E-state index in [0.717, 1.165) is 5.76 Å². The van der Waals surface area contributed by atoms with E-state index < -0.39 is 0 Å². The van der Waals surface area contributed by atoms with Crippen LogP contribution in [0.2, 0.25) is 0 Å². The van der Waals surface area contributed by atoms with Crippen LogP contribution < -0.4 is 0 Å². The molecule has 0 N–H and O–H groups in total. The van der Waals surface area contributed by atoms with Gasteiger partial charge in [-0.1, -0.05) is 0 Å². The number of nitrogens with zero attached hydrogens (tertiary/aromatic N) is 1. The van der Waals surface area contributed by atoms with E-state index in [9.17, 15) is 4.79 Å². The van der Waals surface area contributed by atoms with Crippen LogP contribution in [0.15, 0.2) is 22.8 Å². The van der Waals surface area contributed by atoms with Crippen molar-refractivity contribution >= 4 is 5.91 Å². The summed E-state index contributed by atoms with van der Waals surface area (Å²) in [6.07, 6.45) is 2.09. The number of hydrogen-bond donors (Lipinski definition) is 0. The van der Waals surface area contributed by atoms with Crippen molar-refractivity contribution in [3.8, 4) is 0 Å². The predicted molar refractivity (Wildman–Crippen MR) is 42.7 cm³/mol. The molecule has 2 aliphatic rings. The minimum Gasteiger partial charge on any atom is -0.467 e. The van der Waals surface area contributed by atoms with Crippen LogP contribution in [-0.4, -0.2) is 23.6 Å². The zero-order valence-corrected chi connectivity index (χ0v) is 6.97. The Morgan fingerprint density at radius 3 is 3.08 bits per heavy atom. The highest BCUT2D eigenvalue weighted by molar-refractivity contribution is 5.83. The fourth-order valence-corrected chi connectivity index (χ4v) is 1.81. The van der Waals surface area contributed by atoms with Gasteiger partial charge in [-0.3, -0.25) is 4.79 Å². The van der Waals surface area contributed by atoms with Crippen LogP contribution >= 0.6 is 0 Å². The maximum absolute atomic E-state index is 11.0. The van der Waals surface area contributed by atoms with Gasteiger partial charge in [-0.2, -0.15) is 0 Å². The summed E-state index contributed by atoms with van der Waals surface area (Å²) in [5, 5.41) is 0. The molecule has 3 rings (SSSR count). The van der Waals surface area contributed by atoms with Gasteiger partial charge in [0.1, 0.15) is 18.1 Å². The summed E-state index contributed by atoms with van der Waals surface area (Å²) in [4.78, 5) is 12.8. The first-order valence-corrected chi connectivity index (χ1v) is 4.33. The molecule has 0 unspecified atom stereocenters. The molecule has 13 heavy (non-hydrogen) atoms. The Balaban J connectivity index is 1.80. The summed E-state index contributed by atoms with van der Waals surface area (Å²) in [5.41, 5.74) is 0. The number of β-lactam (4-membered cyclic amide) rings is 1. The number of carbonyl (C=O) groups excluding carboxylic acids is 1. The van der Waals surface area contributed by atoms with Gasteiger partial charge in [0.05, 0.1) is 19.2 Å². The lowest BCUT2D eigenvalue weighted by atomic mass is 10.2. The van der Waals surface area contributed by atoms with Crippen molar-refractivity contribution in [3.63, 3.8) is 0 Å². The molecule has 0 saturated carbocycles. The van der Waals surface area contributed by atoms with Crippen molar-refractivity contribution in [3.05, 3.63) is 24.2 Å². The molecule has 1 aromatic rings. The van der Waals surface area contributed by atoms with E-state index in [0.29, 0.717) is 13.0 Å². The first-order chi connectivity index (χ1) is 6.34. The first kappa shape index (κ1) is 7.15. The summed E-state index contributed by atoms with van der Waals surface area (Å²) < 4.78 is 10.8. The molecular formula is C9H9NO3. The summed E-state index contributed by atoms with van der Waals surface area (Å²) in [6.45, 7) is 0.636. The van der Waals surface area contributed by atoms with Gasteiger partial charge >= 0.3 is 0 Å². The number of hydrogen-bond acceptors (Lipinski definition) is 3. The van der Waals surface area contributed by atoms with Gasteiger partial charge in [-0.25, -0.2) is 0 Å². The molecule has 2 saturated heterocycles. The molecule has 0 radical (unpaired) electrons. The largest absolute Gasteiger partial charge is 0.467 e. The van der Waals surface area contributed by atoms with Crippen LogP contribution in [0.4, 0.5) is 0 Å². The molecule has 2 atom stereocenters. The Kier molecular flexibility index (Phi) is 1.29. The quantitative estimate of drug-likeness (QED) is 0.602. The topological polar surface area (TPSA) is 42.7 Å². The number of fused-ring (bicyclic) bond motifs is 1. The maximum atomic E-state index is 11.0. The van der Waals surface area contributed by atoms with Crippen molar-refractivity contribution in [2.45, 2.75) is 18.8 Å². The van der Waals surface area contributed by atoms with E-state index in [1.807, 2.05) is 12.1 Å². The van der Waals surface area contributed by atoms with Crippen molar-refractivity contribution in [1.29, 1.82) is 0 Å². The van der Waals surface area contributed by atoms with Crippen molar-refractivity contribution in [2.24, 2.45) is 0 Å². The van der Waals surface area contributed by atoms with E-state index in [4.69, 9.17) is 9.15 Å². The van der Waals surface area contributed by atoms with Crippen LogP contribution in [-0.2, 0) is 9.53 Å². The van der Waals surface area contributed by atoms with Crippen LogP contribution in [0.1, 0.15) is 18.3 Å². The van der Waals surface area contributed by atoms with Gasteiger partial charge in [-0.05, 0) is 12.1 Å². The van der Waals surface area contributed by atoms with Gasteiger partial charge in [0.2, 0.25) is 5.91 Å². The number of furan rings is 1. The second-order valence-electron chi connectivity index (χ2n) is 3.35. The summed E-state index contributed by atoms with van der Waals surface area (Å²) in [5.74, 6) is 0.987. The molecule has 4 heteroatoms. The third kappa shape index (κ3) is 0.920. The highest BCUT2D eigenvalue weighted by Crippen LogP contribution is 2.36. The lowest BCUT2D eigenvalue weighted by Gasteiger charge is -2.31. The second-order valence-corrected chi connectivity index (χ2v) is 3.35. The maximum Gasteiger partial charge on any atom is 0.229 e. The molecule has 0 aliphatic carbocycles. The molecular weight excluding hydrogens is 170 g/mol. The SMILES string of the molecule is O=C1C[C@@H]2O[C@H](c3ccco3)CN12.